The summed E-state index contributed by atoms with van der Waals surface area (Å²) in [4.78, 5) is 11.7. The van der Waals surface area contributed by atoms with Crippen LogP contribution in [0, 0.1) is 0 Å². The van der Waals surface area contributed by atoms with E-state index in [1.54, 1.807) is 0 Å². The molecule has 1 unspecified atom stereocenters. The molecule has 1 aromatic heterocycles. The highest BCUT2D eigenvalue weighted by molar-refractivity contribution is 8.01. The highest BCUT2D eigenvalue weighted by Crippen LogP contribution is 2.35. The summed E-state index contributed by atoms with van der Waals surface area (Å²) in [6, 6.07) is 1.42. The van der Waals surface area contributed by atoms with Gasteiger partial charge in [-0.15, -0.1) is 23.1 Å². The molecule has 0 radical (unpaired) electrons. The fourth-order valence-electron chi connectivity index (χ4n) is 1.30. The van der Waals surface area contributed by atoms with Crippen LogP contribution in [0.25, 0.3) is 0 Å². The van der Waals surface area contributed by atoms with Crippen molar-refractivity contribution in [3.8, 4) is 0 Å². The number of sulfonamides is 1. The quantitative estimate of drug-likeness (QED) is 0.788. The Hall–Kier alpha value is -0.570. The molecule has 1 atom stereocenters. The van der Waals surface area contributed by atoms with Gasteiger partial charge in [0.2, 0.25) is 10.0 Å². The van der Waals surface area contributed by atoms with Crippen molar-refractivity contribution < 1.29 is 13.2 Å². The van der Waals surface area contributed by atoms with Gasteiger partial charge in [0.25, 0.3) is 5.91 Å². The summed E-state index contributed by atoms with van der Waals surface area (Å²) in [5, 5.41) is 7.80. The predicted molar refractivity (Wildman–Crippen MR) is 63.3 cm³/mol. The van der Waals surface area contributed by atoms with E-state index < -0.39 is 10.0 Å². The molecule has 8 heteroatoms. The zero-order valence-corrected chi connectivity index (χ0v) is 10.8. The zero-order chi connectivity index (χ0) is 11.9. The highest BCUT2D eigenvalue weighted by atomic mass is 32.3. The largest absolute Gasteiger partial charge is 0.349 e. The van der Waals surface area contributed by atoms with Crippen molar-refractivity contribution in [2.45, 2.75) is 21.4 Å². The molecule has 0 fully saturated rings. The Labute approximate surface area is 101 Å². The Morgan fingerprint density at radius 3 is 2.88 bits per heavy atom. The molecule has 0 aliphatic carbocycles. The van der Waals surface area contributed by atoms with Crippen LogP contribution in [-0.2, 0) is 10.0 Å². The van der Waals surface area contributed by atoms with Crippen molar-refractivity contribution in [1.29, 1.82) is 0 Å². The molecule has 1 amide bonds. The fraction of sp³-hybridized carbons (Fsp3) is 0.375. The molecule has 0 saturated heterocycles. The highest BCUT2D eigenvalue weighted by Gasteiger charge is 2.25. The summed E-state index contributed by atoms with van der Waals surface area (Å²) in [7, 11) is -3.72. The molecule has 88 valence electrons. The van der Waals surface area contributed by atoms with Crippen molar-refractivity contribution in [2.75, 3.05) is 5.75 Å². The Kier molecular flexibility index (Phi) is 2.99. The number of nitrogens with one attached hydrogen (secondary N) is 1. The minimum absolute atomic E-state index is 0.0368. The molecular formula is C8H10N2O3S3. The number of primary sulfonamides is 1. The van der Waals surface area contributed by atoms with E-state index in [4.69, 9.17) is 5.14 Å². The minimum atomic E-state index is -3.72. The molecule has 5 nitrogen and oxygen atoms in total. The molecule has 16 heavy (non-hydrogen) atoms. The van der Waals surface area contributed by atoms with Crippen LogP contribution < -0.4 is 10.5 Å². The Morgan fingerprint density at radius 2 is 2.25 bits per heavy atom. The predicted octanol–water partition coefficient (Wildman–Crippen LogP) is 0.620. The second-order valence-electron chi connectivity index (χ2n) is 3.50. The van der Waals surface area contributed by atoms with Gasteiger partial charge in [-0.05, 0) is 13.0 Å². The molecule has 0 aromatic carbocycles. The maximum absolute atomic E-state index is 11.7. The summed E-state index contributed by atoms with van der Waals surface area (Å²) in [5.74, 6) is 0.488. The first-order valence-electron chi connectivity index (χ1n) is 4.48. The number of hydrogen-bond donors (Lipinski definition) is 2. The number of nitrogens with two attached hydrogens (primary N) is 1. The number of carbonyl (C=O) groups excluding carboxylic acids is 1. The molecule has 2 rings (SSSR count). The van der Waals surface area contributed by atoms with E-state index in [-0.39, 0.29) is 16.2 Å². The van der Waals surface area contributed by atoms with Gasteiger partial charge in [-0.1, -0.05) is 0 Å². The Morgan fingerprint density at radius 1 is 1.56 bits per heavy atom. The van der Waals surface area contributed by atoms with E-state index in [1.165, 1.54) is 17.8 Å². The molecule has 3 N–H and O–H groups in total. The van der Waals surface area contributed by atoms with Gasteiger partial charge in [-0.25, -0.2) is 13.6 Å². The van der Waals surface area contributed by atoms with Gasteiger partial charge in [0.15, 0.2) is 0 Å². The Bertz CT molecular complexity index is 535. The van der Waals surface area contributed by atoms with Crippen LogP contribution in [0.4, 0.5) is 0 Å². The molecule has 1 aromatic rings. The second kappa shape index (κ2) is 4.02. The third-order valence-electron chi connectivity index (χ3n) is 2.04. The van der Waals surface area contributed by atoms with Crippen LogP contribution in [0.2, 0.25) is 0 Å². The number of carbonyl (C=O) groups is 1. The number of amides is 1. The molecule has 1 aliphatic heterocycles. The average molecular weight is 278 g/mol. The lowest BCUT2D eigenvalue weighted by atomic mass is 10.3. The zero-order valence-electron chi connectivity index (χ0n) is 8.39. The molecule has 0 spiro atoms. The van der Waals surface area contributed by atoms with Gasteiger partial charge in [0, 0.05) is 11.8 Å². The van der Waals surface area contributed by atoms with E-state index in [1.807, 2.05) is 6.92 Å². The second-order valence-corrected chi connectivity index (χ2v) is 7.63. The molecule has 0 bridgehead atoms. The van der Waals surface area contributed by atoms with Gasteiger partial charge in [-0.2, -0.15) is 0 Å². The minimum Gasteiger partial charge on any atom is -0.349 e. The maximum Gasteiger partial charge on any atom is 0.253 e. The summed E-state index contributed by atoms with van der Waals surface area (Å²) in [6.07, 6.45) is 0. The van der Waals surface area contributed by atoms with Crippen molar-refractivity contribution in [1.82, 2.24) is 5.32 Å². The first-order chi connectivity index (χ1) is 7.38. The first kappa shape index (κ1) is 11.9. The first-order valence-corrected chi connectivity index (χ1v) is 7.83. The van der Waals surface area contributed by atoms with Crippen molar-refractivity contribution in [3.63, 3.8) is 0 Å². The van der Waals surface area contributed by atoms with Gasteiger partial charge in [0.1, 0.15) is 4.21 Å². The summed E-state index contributed by atoms with van der Waals surface area (Å²) in [5.41, 5.74) is 0.406. The Balaban J connectivity index is 2.47. The third kappa shape index (κ3) is 2.24. The summed E-state index contributed by atoms with van der Waals surface area (Å²) < 4.78 is 23.1. The molecular weight excluding hydrogens is 268 g/mol. The lowest BCUT2D eigenvalue weighted by Crippen LogP contribution is -2.32. The van der Waals surface area contributed by atoms with Crippen molar-refractivity contribution >= 4 is 39.0 Å². The van der Waals surface area contributed by atoms with Gasteiger partial charge >= 0.3 is 0 Å². The topological polar surface area (TPSA) is 89.3 Å². The van der Waals surface area contributed by atoms with E-state index in [0.717, 1.165) is 17.1 Å². The lowest BCUT2D eigenvalue weighted by Gasteiger charge is -2.07. The number of hydrogen-bond acceptors (Lipinski definition) is 5. The van der Waals surface area contributed by atoms with Crippen LogP contribution in [0.1, 0.15) is 17.3 Å². The van der Waals surface area contributed by atoms with Gasteiger partial charge in [0.05, 0.1) is 9.77 Å². The smallest absolute Gasteiger partial charge is 0.253 e. The number of fused-ring (bicyclic) bond motifs is 1. The van der Waals surface area contributed by atoms with Crippen molar-refractivity contribution in [3.05, 3.63) is 11.6 Å². The van der Waals surface area contributed by atoms with Crippen molar-refractivity contribution in [2.24, 2.45) is 5.14 Å². The number of thioether (sulfide) groups is 1. The summed E-state index contributed by atoms with van der Waals surface area (Å²) >= 11 is 2.52. The van der Waals surface area contributed by atoms with Crippen LogP contribution in [-0.4, -0.2) is 26.1 Å². The van der Waals surface area contributed by atoms with Crippen LogP contribution in [0.5, 0.6) is 0 Å². The monoisotopic (exact) mass is 278 g/mol. The van der Waals surface area contributed by atoms with Gasteiger partial charge in [-0.3, -0.25) is 4.79 Å². The normalized spacial score (nSPS) is 21.1. The number of rotatable bonds is 1. The van der Waals surface area contributed by atoms with Crippen LogP contribution in [0.3, 0.4) is 0 Å². The fourth-order valence-corrected chi connectivity index (χ4v) is 4.58. The van der Waals surface area contributed by atoms with E-state index in [0.29, 0.717) is 9.77 Å². The SMILES string of the molecule is CC1CSc2sc(S(N)(=O)=O)cc2C(=O)N1. The average Bonchev–Trinajstić information content (AvgIpc) is 2.52. The third-order valence-corrected chi connectivity index (χ3v) is 6.14. The van der Waals surface area contributed by atoms with E-state index >= 15 is 0 Å². The standard InChI is InChI=1S/C8H10N2O3S3/c1-4-3-14-8-5(7(11)10-4)2-6(15-8)16(9,12)13/h2,4H,3H2,1H3,(H,10,11)(H2,9,12,13). The molecule has 0 saturated carbocycles. The van der Waals surface area contributed by atoms with Crippen LogP contribution in [0.15, 0.2) is 14.5 Å². The summed E-state index contributed by atoms with van der Waals surface area (Å²) in [6.45, 7) is 1.90. The lowest BCUT2D eigenvalue weighted by molar-refractivity contribution is 0.0943. The molecule has 1 aliphatic rings. The van der Waals surface area contributed by atoms with E-state index in [2.05, 4.69) is 5.32 Å². The number of thiophene rings is 1. The molecule has 2 heterocycles. The maximum atomic E-state index is 11.7. The van der Waals surface area contributed by atoms with Gasteiger partial charge < -0.3 is 5.32 Å². The van der Waals surface area contributed by atoms with Crippen LogP contribution >= 0.6 is 23.1 Å². The van der Waals surface area contributed by atoms with E-state index in [9.17, 15) is 13.2 Å².